The van der Waals surface area contributed by atoms with Gasteiger partial charge in [-0.3, -0.25) is 9.48 Å². The number of hydrogen-bond donors (Lipinski definition) is 1. The van der Waals surface area contributed by atoms with E-state index < -0.39 is 10.0 Å². The molecular weight excluding hydrogens is 364 g/mol. The largest absolute Gasteiger partial charge is 0.322 e. The van der Waals surface area contributed by atoms with Crippen LogP contribution < -0.4 is 5.32 Å². The Bertz CT molecular complexity index is 957. The number of carbonyl (C=O) groups excluding carboxylic acids is 1. The Kier molecular flexibility index (Phi) is 6.56. The fraction of sp³-hybridized carbons (Fsp3) is 0.368. The molecular formula is C19H26N4O3S. The molecule has 0 aliphatic heterocycles. The van der Waals surface area contributed by atoms with Gasteiger partial charge >= 0.3 is 0 Å². The summed E-state index contributed by atoms with van der Waals surface area (Å²) in [4.78, 5) is 12.5. The molecule has 1 heterocycles. The minimum atomic E-state index is -3.60. The zero-order valence-electron chi connectivity index (χ0n) is 16.4. The van der Waals surface area contributed by atoms with Crippen LogP contribution in [0.1, 0.15) is 30.5 Å². The molecule has 1 N–H and O–H groups in total. The Hall–Kier alpha value is -2.45. The van der Waals surface area contributed by atoms with Crippen molar-refractivity contribution in [2.24, 2.45) is 7.05 Å². The molecule has 27 heavy (non-hydrogen) atoms. The van der Waals surface area contributed by atoms with Gasteiger partial charge in [0.15, 0.2) is 0 Å². The monoisotopic (exact) mass is 390 g/mol. The lowest BCUT2D eigenvalue weighted by molar-refractivity contribution is -0.111. The molecule has 0 spiro atoms. The highest BCUT2D eigenvalue weighted by Crippen LogP contribution is 2.26. The number of nitrogens with zero attached hydrogens (tertiary/aromatic N) is 3. The zero-order chi connectivity index (χ0) is 20.2. The van der Waals surface area contributed by atoms with E-state index in [0.717, 1.165) is 16.7 Å². The molecule has 0 radical (unpaired) electrons. The molecule has 146 valence electrons. The summed E-state index contributed by atoms with van der Waals surface area (Å²) in [7, 11) is -1.80. The minimum absolute atomic E-state index is 0.181. The van der Waals surface area contributed by atoms with E-state index in [9.17, 15) is 13.2 Å². The molecule has 2 rings (SSSR count). The van der Waals surface area contributed by atoms with Gasteiger partial charge in [0.1, 0.15) is 0 Å². The molecule has 0 saturated heterocycles. The first-order valence-electron chi connectivity index (χ1n) is 8.78. The Labute approximate surface area is 160 Å². The Balaban J connectivity index is 2.30. The average molecular weight is 391 g/mol. The van der Waals surface area contributed by atoms with Crippen LogP contribution in [0.5, 0.6) is 0 Å². The van der Waals surface area contributed by atoms with Crippen molar-refractivity contribution in [3.63, 3.8) is 0 Å². The molecule has 1 aromatic carbocycles. The lowest BCUT2D eigenvalue weighted by Crippen LogP contribution is -2.30. The summed E-state index contributed by atoms with van der Waals surface area (Å²) in [5.41, 5.74) is 2.92. The van der Waals surface area contributed by atoms with Crippen molar-refractivity contribution in [3.05, 3.63) is 47.3 Å². The molecule has 0 saturated carbocycles. The second-order valence-corrected chi connectivity index (χ2v) is 8.21. The van der Waals surface area contributed by atoms with E-state index in [-0.39, 0.29) is 10.8 Å². The quantitative estimate of drug-likeness (QED) is 0.737. The van der Waals surface area contributed by atoms with Crippen molar-refractivity contribution < 1.29 is 13.2 Å². The van der Waals surface area contributed by atoms with Gasteiger partial charge in [-0.05, 0) is 43.2 Å². The number of carbonyl (C=O) groups is 1. The van der Waals surface area contributed by atoms with E-state index in [0.29, 0.717) is 18.8 Å². The number of nitrogens with one attached hydrogen (secondary N) is 1. The minimum Gasteiger partial charge on any atom is -0.322 e. The first-order chi connectivity index (χ1) is 12.7. The first kappa shape index (κ1) is 20.9. The zero-order valence-corrected chi connectivity index (χ0v) is 17.2. The fourth-order valence-electron chi connectivity index (χ4n) is 2.69. The summed E-state index contributed by atoms with van der Waals surface area (Å²) in [5.74, 6) is -0.334. The average Bonchev–Trinajstić information content (AvgIpc) is 3.03. The highest BCUT2D eigenvalue weighted by molar-refractivity contribution is 7.89. The van der Waals surface area contributed by atoms with Crippen LogP contribution in [0.15, 0.2) is 35.5 Å². The van der Waals surface area contributed by atoms with Crippen molar-refractivity contribution in [2.75, 3.05) is 18.4 Å². The number of amides is 1. The summed E-state index contributed by atoms with van der Waals surface area (Å²) >= 11 is 0. The third kappa shape index (κ3) is 4.84. The van der Waals surface area contributed by atoms with Crippen LogP contribution >= 0.6 is 0 Å². The van der Waals surface area contributed by atoms with Crippen molar-refractivity contribution in [1.82, 2.24) is 14.1 Å². The van der Waals surface area contributed by atoms with Crippen molar-refractivity contribution in [1.29, 1.82) is 0 Å². The Morgan fingerprint density at radius 1 is 1.26 bits per heavy atom. The van der Waals surface area contributed by atoms with E-state index >= 15 is 0 Å². The molecule has 0 aliphatic rings. The van der Waals surface area contributed by atoms with E-state index in [4.69, 9.17) is 0 Å². The Morgan fingerprint density at radius 3 is 2.48 bits per heavy atom. The second-order valence-electron chi connectivity index (χ2n) is 6.27. The van der Waals surface area contributed by atoms with Crippen molar-refractivity contribution in [3.8, 4) is 0 Å². The molecule has 2 aromatic rings. The summed E-state index contributed by atoms with van der Waals surface area (Å²) in [5, 5.41) is 6.82. The number of benzene rings is 1. The topological polar surface area (TPSA) is 84.3 Å². The van der Waals surface area contributed by atoms with Crippen molar-refractivity contribution >= 4 is 27.7 Å². The lowest BCUT2D eigenvalue weighted by Gasteiger charge is -2.20. The number of anilines is 1. The predicted octanol–water partition coefficient (Wildman–Crippen LogP) is 2.72. The Morgan fingerprint density at radius 2 is 1.93 bits per heavy atom. The SMILES string of the molecule is CCN(CC)S(=O)(=O)c1cc(C)c(C)c(NC(=O)/C=C/c2cnn(C)c2)c1. The molecule has 8 heteroatoms. The molecule has 0 atom stereocenters. The van der Waals surface area contributed by atoms with Crippen LogP contribution in [0, 0.1) is 13.8 Å². The molecule has 0 unspecified atom stereocenters. The third-order valence-corrected chi connectivity index (χ3v) is 6.42. The lowest BCUT2D eigenvalue weighted by atomic mass is 10.1. The number of aryl methyl sites for hydroxylation is 2. The number of hydrogen-bond acceptors (Lipinski definition) is 4. The van der Waals surface area contributed by atoms with Gasteiger partial charge in [0.2, 0.25) is 15.9 Å². The maximum Gasteiger partial charge on any atom is 0.248 e. The molecule has 0 bridgehead atoms. The van der Waals surface area contributed by atoms with Gasteiger partial charge in [-0.25, -0.2) is 8.42 Å². The van der Waals surface area contributed by atoms with E-state index in [1.165, 1.54) is 16.4 Å². The third-order valence-electron chi connectivity index (χ3n) is 4.39. The molecule has 7 nitrogen and oxygen atoms in total. The van der Waals surface area contributed by atoms with Gasteiger partial charge in [-0.15, -0.1) is 0 Å². The van der Waals surface area contributed by atoms with Gasteiger partial charge in [-0.2, -0.15) is 9.40 Å². The van der Waals surface area contributed by atoms with Crippen LogP contribution in [0.4, 0.5) is 5.69 Å². The standard InChI is InChI=1S/C19H26N4O3S/c1-6-23(7-2)27(25,26)17-10-14(3)15(4)18(11-17)21-19(24)9-8-16-12-20-22(5)13-16/h8-13H,6-7H2,1-5H3,(H,21,24)/b9-8+. The highest BCUT2D eigenvalue weighted by atomic mass is 32.2. The normalized spacial score (nSPS) is 12.1. The highest BCUT2D eigenvalue weighted by Gasteiger charge is 2.23. The molecule has 0 fully saturated rings. The van der Waals surface area contributed by atoms with Crippen LogP contribution in [0.3, 0.4) is 0 Å². The second kappa shape index (κ2) is 8.49. The van der Waals surface area contributed by atoms with Crippen molar-refractivity contribution in [2.45, 2.75) is 32.6 Å². The van der Waals surface area contributed by atoms with Crippen LogP contribution in [0.2, 0.25) is 0 Å². The summed E-state index contributed by atoms with van der Waals surface area (Å²) in [6.07, 6.45) is 6.49. The number of rotatable bonds is 7. The van der Waals surface area contributed by atoms with Gasteiger partial charge < -0.3 is 5.32 Å². The van der Waals surface area contributed by atoms with Crippen LogP contribution in [-0.4, -0.2) is 41.5 Å². The summed E-state index contributed by atoms with van der Waals surface area (Å²) in [6.45, 7) is 8.06. The number of aromatic nitrogens is 2. The fourth-order valence-corrected chi connectivity index (χ4v) is 4.26. The van der Waals surface area contributed by atoms with E-state index in [2.05, 4.69) is 10.4 Å². The predicted molar refractivity (Wildman–Crippen MR) is 107 cm³/mol. The van der Waals surface area contributed by atoms with Crippen LogP contribution in [0.25, 0.3) is 6.08 Å². The molecule has 1 amide bonds. The van der Waals surface area contributed by atoms with Gasteiger partial charge in [0.25, 0.3) is 0 Å². The molecule has 0 aliphatic carbocycles. The first-order valence-corrected chi connectivity index (χ1v) is 10.2. The summed E-state index contributed by atoms with van der Waals surface area (Å²) in [6, 6.07) is 3.16. The van der Waals surface area contributed by atoms with E-state index in [1.54, 1.807) is 50.1 Å². The summed E-state index contributed by atoms with van der Waals surface area (Å²) < 4.78 is 28.6. The van der Waals surface area contributed by atoms with E-state index in [1.807, 2.05) is 13.8 Å². The smallest absolute Gasteiger partial charge is 0.248 e. The molecule has 1 aromatic heterocycles. The number of sulfonamides is 1. The maximum atomic E-state index is 12.8. The maximum absolute atomic E-state index is 12.8. The van der Waals surface area contributed by atoms with Gasteiger partial charge in [-0.1, -0.05) is 13.8 Å². The van der Waals surface area contributed by atoms with Gasteiger partial charge in [0.05, 0.1) is 11.1 Å². The van der Waals surface area contributed by atoms with Gasteiger partial charge in [0, 0.05) is 43.7 Å². The van der Waals surface area contributed by atoms with Crippen LogP contribution in [-0.2, 0) is 21.9 Å².